The normalized spacial score (nSPS) is 10.0. The van der Waals surface area contributed by atoms with E-state index in [0.29, 0.717) is 5.56 Å². The largest absolute Gasteiger partial charge is 0.465 e. The first kappa shape index (κ1) is 25.1. The molecule has 0 fully saturated rings. The van der Waals surface area contributed by atoms with Gasteiger partial charge in [-0.2, -0.15) is 0 Å². The van der Waals surface area contributed by atoms with Crippen LogP contribution in [0.4, 0.5) is 5.69 Å². The van der Waals surface area contributed by atoms with Crippen molar-refractivity contribution in [2.24, 2.45) is 0 Å². The van der Waals surface area contributed by atoms with Crippen molar-refractivity contribution in [2.75, 3.05) is 12.4 Å². The van der Waals surface area contributed by atoms with E-state index in [2.05, 4.69) is 28.8 Å². The third-order valence-electron chi connectivity index (χ3n) is 3.50. The van der Waals surface area contributed by atoms with Crippen LogP contribution in [-0.2, 0) is 13.3 Å². The van der Waals surface area contributed by atoms with E-state index in [0.717, 1.165) is 30.5 Å². The average molecular weight is 477 g/mol. The molecule has 2 rings (SSSR count). The van der Waals surface area contributed by atoms with Gasteiger partial charge in [-0.25, -0.2) is 4.79 Å². The first-order chi connectivity index (χ1) is 14.1. The number of esters is 1. The summed E-state index contributed by atoms with van der Waals surface area (Å²) in [7, 11) is 1.37. The third kappa shape index (κ3) is 8.58. The molecular weight excluding hydrogens is 453 g/mol. The second kappa shape index (κ2) is 11.9. The maximum absolute atomic E-state index is 11.2. The number of methoxy groups -OCH3 is 1. The van der Waals surface area contributed by atoms with Crippen LogP contribution in [0.1, 0.15) is 42.6 Å². The molecule has 0 radical (unpaired) electrons. The Morgan fingerprint density at radius 2 is 1.87 bits per heavy atom. The Kier molecular flexibility index (Phi) is 9.93. The summed E-state index contributed by atoms with van der Waals surface area (Å²) in [5.41, 5.74) is 1.68. The average Bonchev–Trinajstić information content (AvgIpc) is 2.67. The standard InChI is InChI=1S/C13H14O2.C8H10AsNO5/c1-3-4-5-7-11-8-6-9-12(10-11)13(14)15-2;1-5(11)10-6-2-3-7(8(12)4-6)9(13,14)15/h6,8-10H,3-4H2,1-2H3;2-4,12H,1H3,(H,10,11)(H2,13,14,15). The minimum absolute atomic E-state index is 0.285. The predicted molar refractivity (Wildman–Crippen MR) is 112 cm³/mol. The van der Waals surface area contributed by atoms with Crippen LogP contribution in [0.3, 0.4) is 0 Å². The topological polar surface area (TPSA) is 133 Å². The van der Waals surface area contributed by atoms with Crippen molar-refractivity contribution in [3.05, 3.63) is 53.6 Å². The zero-order valence-corrected chi connectivity index (χ0v) is 18.8. The second-order valence-electron chi connectivity index (χ2n) is 6.05. The fraction of sp³-hybridized carbons (Fsp3) is 0.238. The van der Waals surface area contributed by atoms with Crippen LogP contribution in [0.2, 0.25) is 0 Å². The van der Waals surface area contributed by atoms with Crippen LogP contribution < -0.4 is 9.67 Å². The fourth-order valence-electron chi connectivity index (χ4n) is 2.18. The molecule has 0 atom stereocenters. The SMILES string of the molecule is CC(=O)Nc1ccc([As](=O)(O)O)c(O)c1.CCCC#Cc1cccc(C(=O)OC)c1. The van der Waals surface area contributed by atoms with E-state index in [1.54, 1.807) is 12.1 Å². The molecule has 0 unspecified atom stereocenters. The van der Waals surface area contributed by atoms with Crippen LogP contribution in [0.5, 0.6) is 5.75 Å². The van der Waals surface area contributed by atoms with Crippen LogP contribution >= 0.6 is 0 Å². The van der Waals surface area contributed by atoms with Gasteiger partial charge in [-0.05, 0) is 24.6 Å². The first-order valence-electron chi connectivity index (χ1n) is 8.92. The molecule has 1 amide bonds. The summed E-state index contributed by atoms with van der Waals surface area (Å²) in [5, 5.41) is 11.7. The molecule has 0 aromatic heterocycles. The number of anilines is 1. The molecule has 160 valence electrons. The molecule has 0 aliphatic rings. The van der Waals surface area contributed by atoms with E-state index < -0.39 is 24.3 Å². The zero-order chi connectivity index (χ0) is 22.7. The van der Waals surface area contributed by atoms with Crippen molar-refractivity contribution in [1.29, 1.82) is 0 Å². The van der Waals surface area contributed by atoms with Crippen molar-refractivity contribution < 1.29 is 31.4 Å². The third-order valence-corrected chi connectivity index (χ3v) is 5.61. The minimum Gasteiger partial charge on any atom is -0.465 e. The summed E-state index contributed by atoms with van der Waals surface area (Å²) < 4.78 is 32.9. The van der Waals surface area contributed by atoms with Gasteiger partial charge in [-0.15, -0.1) is 0 Å². The van der Waals surface area contributed by atoms with Gasteiger partial charge in [0.25, 0.3) is 0 Å². The van der Waals surface area contributed by atoms with Gasteiger partial charge in [0.15, 0.2) is 0 Å². The summed E-state index contributed by atoms with van der Waals surface area (Å²) in [6.45, 7) is 3.37. The molecule has 9 heteroatoms. The van der Waals surface area contributed by atoms with E-state index in [-0.39, 0.29) is 17.6 Å². The molecule has 0 aliphatic carbocycles. The molecule has 0 aliphatic heterocycles. The van der Waals surface area contributed by atoms with Crippen LogP contribution in [0, 0.1) is 11.8 Å². The smallest absolute Gasteiger partial charge is 0.337 e. The molecule has 0 heterocycles. The number of hydrogen-bond donors (Lipinski definition) is 4. The Morgan fingerprint density at radius 3 is 2.40 bits per heavy atom. The number of carbonyl (C=O) groups excluding carboxylic acids is 2. The van der Waals surface area contributed by atoms with Gasteiger partial charge in [0, 0.05) is 12.0 Å². The van der Waals surface area contributed by atoms with Crippen LogP contribution in [0.15, 0.2) is 42.5 Å². The number of phenols is 1. The van der Waals surface area contributed by atoms with Crippen molar-refractivity contribution in [3.8, 4) is 17.6 Å². The molecule has 0 spiro atoms. The van der Waals surface area contributed by atoms with E-state index in [1.807, 2.05) is 12.1 Å². The summed E-state index contributed by atoms with van der Waals surface area (Å²) in [4.78, 5) is 21.9. The number of nitrogens with one attached hydrogen (secondary N) is 1. The number of phenolic OH excluding ortho intramolecular Hbond substituents is 1. The number of ether oxygens (including phenoxy) is 1. The molecule has 0 bridgehead atoms. The Bertz CT molecular complexity index is 1000. The van der Waals surface area contributed by atoms with Crippen molar-refractivity contribution in [3.63, 3.8) is 0 Å². The zero-order valence-electron chi connectivity index (χ0n) is 16.9. The van der Waals surface area contributed by atoms with E-state index in [4.69, 9.17) is 8.19 Å². The van der Waals surface area contributed by atoms with Crippen molar-refractivity contribution in [1.82, 2.24) is 0 Å². The van der Waals surface area contributed by atoms with Crippen LogP contribution in [0.25, 0.3) is 0 Å². The van der Waals surface area contributed by atoms with E-state index in [9.17, 15) is 18.4 Å². The van der Waals surface area contributed by atoms with Gasteiger partial charge in [0.05, 0.1) is 12.7 Å². The van der Waals surface area contributed by atoms with Gasteiger partial charge in [-0.1, -0.05) is 24.8 Å². The molecule has 0 saturated heterocycles. The second-order valence-corrected chi connectivity index (χ2v) is 9.35. The minimum atomic E-state index is -5.09. The summed E-state index contributed by atoms with van der Waals surface area (Å²) in [5.74, 6) is 4.87. The van der Waals surface area contributed by atoms with Crippen molar-refractivity contribution in [2.45, 2.75) is 26.7 Å². The molecule has 2 aromatic rings. The predicted octanol–water partition coefficient (Wildman–Crippen LogP) is 1.54. The molecular formula is C21H24AsNO7. The van der Waals surface area contributed by atoms with Gasteiger partial charge in [-0.3, -0.25) is 0 Å². The summed E-state index contributed by atoms with van der Waals surface area (Å²) in [6.07, 6.45) is 1.92. The number of amides is 1. The maximum atomic E-state index is 11.2. The van der Waals surface area contributed by atoms with E-state index in [1.165, 1.54) is 20.1 Å². The van der Waals surface area contributed by atoms with Gasteiger partial charge in [0.1, 0.15) is 0 Å². The molecule has 8 nitrogen and oxygen atoms in total. The van der Waals surface area contributed by atoms with Crippen molar-refractivity contribution >= 4 is 36.1 Å². The molecule has 0 saturated carbocycles. The Labute approximate surface area is 177 Å². The number of aromatic hydroxyl groups is 1. The first-order valence-corrected chi connectivity index (χ1v) is 12.3. The van der Waals surface area contributed by atoms with E-state index >= 15 is 0 Å². The number of rotatable bonds is 4. The molecule has 30 heavy (non-hydrogen) atoms. The Balaban J connectivity index is 0.000000300. The molecule has 4 N–H and O–H groups in total. The summed E-state index contributed by atoms with van der Waals surface area (Å²) >= 11 is -5.09. The van der Waals surface area contributed by atoms with Gasteiger partial charge < -0.3 is 4.74 Å². The van der Waals surface area contributed by atoms with Gasteiger partial charge >= 0.3 is 94.1 Å². The number of unbranched alkanes of at least 4 members (excludes halogenated alkanes) is 1. The fourth-order valence-corrected chi connectivity index (χ4v) is 3.51. The van der Waals surface area contributed by atoms with Crippen LogP contribution in [-0.4, -0.2) is 46.5 Å². The monoisotopic (exact) mass is 477 g/mol. The summed E-state index contributed by atoms with van der Waals surface area (Å²) in [6, 6.07) is 10.7. The quantitative estimate of drug-likeness (QED) is 0.298. The number of carbonyl (C=O) groups is 2. The maximum Gasteiger partial charge on any atom is 0.337 e. The Hall–Kier alpha value is -2.98. The van der Waals surface area contributed by atoms with Gasteiger partial charge in [0.2, 0.25) is 0 Å². The number of hydrogen-bond acceptors (Lipinski definition) is 5. The molecule has 2 aromatic carbocycles. The number of benzene rings is 2. The Morgan fingerprint density at radius 1 is 1.17 bits per heavy atom.